The number of benzene rings is 2. The normalized spacial score (nSPS) is 19.3. The van der Waals surface area contributed by atoms with Crippen LogP contribution in [0.25, 0.3) is 0 Å². The van der Waals surface area contributed by atoms with E-state index in [1.165, 1.54) is 9.99 Å². The SMILES string of the molecule is Cc1cccc(Cl)c1S(=O)(=O)N1Cc2ccc(C(=O)N3CCC4(CC3)CCN(c3ccncc3)CC4)cc2C1. The Kier molecular flexibility index (Phi) is 6.90. The van der Waals surface area contributed by atoms with Crippen LogP contribution < -0.4 is 4.90 Å². The van der Waals surface area contributed by atoms with Gasteiger partial charge in [-0.05, 0) is 85.0 Å². The molecule has 1 amide bonds. The summed E-state index contributed by atoms with van der Waals surface area (Å²) in [6.45, 7) is 5.87. The molecule has 0 radical (unpaired) electrons. The number of likely N-dealkylation sites (tertiary alicyclic amines) is 1. The Hall–Kier alpha value is -2.94. The van der Waals surface area contributed by atoms with Crippen molar-refractivity contribution in [1.29, 1.82) is 0 Å². The number of rotatable bonds is 4. The fourth-order valence-corrected chi connectivity index (χ4v) is 8.58. The molecule has 7 nitrogen and oxygen atoms in total. The first-order chi connectivity index (χ1) is 18.8. The molecule has 4 heterocycles. The second-order valence-electron chi connectivity index (χ2n) is 11.1. The number of nitrogens with zero attached hydrogens (tertiary/aromatic N) is 4. The Bertz CT molecular complexity index is 1470. The second-order valence-corrected chi connectivity index (χ2v) is 13.4. The van der Waals surface area contributed by atoms with Gasteiger partial charge in [0.05, 0.1) is 5.02 Å². The van der Waals surface area contributed by atoms with Crippen molar-refractivity contribution in [3.63, 3.8) is 0 Å². The molecule has 0 aliphatic carbocycles. The molecule has 6 rings (SSSR count). The van der Waals surface area contributed by atoms with Crippen molar-refractivity contribution < 1.29 is 13.2 Å². The van der Waals surface area contributed by atoms with Crippen LogP contribution >= 0.6 is 11.6 Å². The summed E-state index contributed by atoms with van der Waals surface area (Å²) in [6, 6.07) is 14.9. The molecule has 0 unspecified atom stereocenters. The van der Waals surface area contributed by atoms with E-state index >= 15 is 0 Å². The number of piperidine rings is 2. The maximum absolute atomic E-state index is 13.5. The number of pyridine rings is 1. The molecule has 2 fully saturated rings. The zero-order valence-corrected chi connectivity index (χ0v) is 23.7. The number of aromatic nitrogens is 1. The summed E-state index contributed by atoms with van der Waals surface area (Å²) in [4.78, 5) is 22.2. The van der Waals surface area contributed by atoms with Crippen molar-refractivity contribution in [2.24, 2.45) is 5.41 Å². The van der Waals surface area contributed by atoms with Crippen LogP contribution in [0.15, 0.2) is 65.8 Å². The van der Waals surface area contributed by atoms with Gasteiger partial charge in [0.1, 0.15) is 4.90 Å². The van der Waals surface area contributed by atoms with Crippen molar-refractivity contribution >= 4 is 33.2 Å². The molecule has 3 aliphatic rings. The van der Waals surface area contributed by atoms with E-state index in [1.54, 1.807) is 25.1 Å². The van der Waals surface area contributed by atoms with Crippen LogP contribution in [0.2, 0.25) is 5.02 Å². The number of amides is 1. The third kappa shape index (κ3) is 4.94. The lowest BCUT2D eigenvalue weighted by Crippen LogP contribution is -2.48. The maximum atomic E-state index is 13.5. The van der Waals surface area contributed by atoms with E-state index in [4.69, 9.17) is 11.6 Å². The molecule has 3 aliphatic heterocycles. The molecule has 3 aromatic rings. The number of hydrogen-bond acceptors (Lipinski definition) is 5. The van der Waals surface area contributed by atoms with Gasteiger partial charge >= 0.3 is 0 Å². The van der Waals surface area contributed by atoms with Gasteiger partial charge in [0.2, 0.25) is 10.0 Å². The largest absolute Gasteiger partial charge is 0.371 e. The highest BCUT2D eigenvalue weighted by atomic mass is 35.5. The van der Waals surface area contributed by atoms with Gasteiger partial charge in [-0.1, -0.05) is 29.8 Å². The van der Waals surface area contributed by atoms with Gasteiger partial charge in [0, 0.05) is 62.9 Å². The van der Waals surface area contributed by atoms with Crippen LogP contribution in [-0.2, 0) is 23.1 Å². The number of aryl methyl sites for hydroxylation is 1. The average molecular weight is 565 g/mol. The first-order valence-electron chi connectivity index (χ1n) is 13.6. The number of sulfonamides is 1. The van der Waals surface area contributed by atoms with E-state index in [2.05, 4.69) is 22.0 Å². The number of hydrogen-bond donors (Lipinski definition) is 0. The Morgan fingerprint density at radius 3 is 2.26 bits per heavy atom. The van der Waals surface area contributed by atoms with E-state index in [0.29, 0.717) is 16.5 Å². The topological polar surface area (TPSA) is 73.8 Å². The van der Waals surface area contributed by atoms with Crippen LogP contribution in [0.1, 0.15) is 52.7 Å². The smallest absolute Gasteiger partial charge is 0.253 e. The zero-order valence-electron chi connectivity index (χ0n) is 22.1. The lowest BCUT2D eigenvalue weighted by molar-refractivity contribution is 0.0515. The zero-order chi connectivity index (χ0) is 27.2. The number of fused-ring (bicyclic) bond motifs is 1. The summed E-state index contributed by atoms with van der Waals surface area (Å²) in [7, 11) is -3.76. The molecule has 9 heteroatoms. The third-order valence-electron chi connectivity index (χ3n) is 8.87. The fraction of sp³-hybridized carbons (Fsp3) is 0.400. The van der Waals surface area contributed by atoms with Crippen molar-refractivity contribution in [2.45, 2.75) is 50.6 Å². The molecule has 2 aromatic carbocycles. The Morgan fingerprint density at radius 1 is 0.897 bits per heavy atom. The quantitative estimate of drug-likeness (QED) is 0.431. The van der Waals surface area contributed by atoms with Gasteiger partial charge in [-0.25, -0.2) is 8.42 Å². The standard InChI is InChI=1S/C30H33ClN4O3S/c1-22-3-2-4-27(31)28(22)39(37,38)35-20-24-6-5-23(19-25(24)21-35)29(36)34-17-11-30(12-18-34)9-15-33(16-10-30)26-7-13-32-14-8-26/h2-8,13-14,19H,9-12,15-18,20-21H2,1H3. The summed E-state index contributed by atoms with van der Waals surface area (Å²) in [6.07, 6.45) is 8.03. The monoisotopic (exact) mass is 564 g/mol. The summed E-state index contributed by atoms with van der Waals surface area (Å²) < 4.78 is 28.3. The van der Waals surface area contributed by atoms with Gasteiger partial charge in [0.15, 0.2) is 0 Å². The number of carbonyl (C=O) groups excluding carboxylic acids is 1. The van der Waals surface area contributed by atoms with Crippen LogP contribution in [-0.4, -0.2) is 54.7 Å². The van der Waals surface area contributed by atoms with Gasteiger partial charge in [-0.2, -0.15) is 4.31 Å². The summed E-state index contributed by atoms with van der Waals surface area (Å²) in [5.41, 5.74) is 4.61. The van der Waals surface area contributed by atoms with Gasteiger partial charge < -0.3 is 9.80 Å². The summed E-state index contributed by atoms with van der Waals surface area (Å²) in [5, 5.41) is 0.229. The molecule has 1 spiro atoms. The van der Waals surface area contributed by atoms with Crippen molar-refractivity contribution in [1.82, 2.24) is 14.2 Å². The van der Waals surface area contributed by atoms with Crippen LogP contribution in [0, 0.1) is 12.3 Å². The minimum Gasteiger partial charge on any atom is -0.371 e. The minimum absolute atomic E-state index is 0.0325. The van der Waals surface area contributed by atoms with Gasteiger partial charge in [-0.15, -0.1) is 0 Å². The highest BCUT2D eigenvalue weighted by Crippen LogP contribution is 2.42. The van der Waals surface area contributed by atoms with E-state index in [9.17, 15) is 13.2 Å². The van der Waals surface area contributed by atoms with E-state index in [-0.39, 0.29) is 28.9 Å². The molecule has 0 saturated carbocycles. The number of halogens is 1. The molecule has 0 atom stereocenters. The lowest BCUT2D eigenvalue weighted by Gasteiger charge is -2.47. The number of anilines is 1. The minimum atomic E-state index is -3.76. The highest BCUT2D eigenvalue weighted by molar-refractivity contribution is 7.89. The van der Waals surface area contributed by atoms with Crippen molar-refractivity contribution in [3.8, 4) is 0 Å². The summed E-state index contributed by atoms with van der Waals surface area (Å²) >= 11 is 6.29. The van der Waals surface area contributed by atoms with Gasteiger partial charge in [0.25, 0.3) is 5.91 Å². The molecule has 0 N–H and O–H groups in total. The Balaban J connectivity index is 1.09. The lowest BCUT2D eigenvalue weighted by atomic mass is 9.71. The van der Waals surface area contributed by atoms with Crippen molar-refractivity contribution in [2.75, 3.05) is 31.1 Å². The van der Waals surface area contributed by atoms with E-state index in [0.717, 1.165) is 63.0 Å². The number of carbonyl (C=O) groups is 1. The molecule has 204 valence electrons. The molecule has 0 bridgehead atoms. The molecular formula is C30H33ClN4O3S. The Labute approximate surface area is 235 Å². The van der Waals surface area contributed by atoms with Crippen LogP contribution in [0.4, 0.5) is 5.69 Å². The van der Waals surface area contributed by atoms with Crippen molar-refractivity contribution in [3.05, 3.63) is 88.2 Å². The Morgan fingerprint density at radius 2 is 1.56 bits per heavy atom. The molecule has 39 heavy (non-hydrogen) atoms. The average Bonchev–Trinajstić information content (AvgIpc) is 3.39. The predicted molar refractivity (Wildman–Crippen MR) is 152 cm³/mol. The van der Waals surface area contributed by atoms with E-state index in [1.807, 2.05) is 35.5 Å². The van der Waals surface area contributed by atoms with Crippen LogP contribution in [0.5, 0.6) is 0 Å². The maximum Gasteiger partial charge on any atom is 0.253 e. The first-order valence-corrected chi connectivity index (χ1v) is 15.4. The second kappa shape index (κ2) is 10.2. The van der Waals surface area contributed by atoms with E-state index < -0.39 is 10.0 Å². The van der Waals surface area contributed by atoms with Crippen LogP contribution in [0.3, 0.4) is 0 Å². The molecular weight excluding hydrogens is 532 g/mol. The molecule has 1 aromatic heterocycles. The first kappa shape index (κ1) is 26.3. The summed E-state index contributed by atoms with van der Waals surface area (Å²) in [5.74, 6) is 0.0325. The molecule has 2 saturated heterocycles. The fourth-order valence-electron chi connectivity index (χ4n) is 6.40. The van der Waals surface area contributed by atoms with Gasteiger partial charge in [-0.3, -0.25) is 9.78 Å². The highest BCUT2D eigenvalue weighted by Gasteiger charge is 2.39. The third-order valence-corrected chi connectivity index (χ3v) is 11.3. The predicted octanol–water partition coefficient (Wildman–Crippen LogP) is 5.27.